The molecule has 1 aliphatic carbocycles. The first kappa shape index (κ1) is 16.4. The van der Waals surface area contributed by atoms with Crippen LogP contribution in [-0.2, 0) is 14.3 Å². The topological polar surface area (TPSA) is 50.8 Å². The molecule has 1 saturated carbocycles. The minimum absolute atomic E-state index is 0.147. The Morgan fingerprint density at radius 3 is 2.63 bits per heavy atom. The van der Waals surface area contributed by atoms with Crippen molar-refractivity contribution in [3.8, 4) is 0 Å². The van der Waals surface area contributed by atoms with Gasteiger partial charge >= 0.3 is 5.97 Å². The lowest BCUT2D eigenvalue weighted by molar-refractivity contribution is -0.146. The van der Waals surface area contributed by atoms with E-state index in [9.17, 15) is 4.79 Å². The first-order valence-electron chi connectivity index (χ1n) is 7.25. The maximum absolute atomic E-state index is 11.9. The third kappa shape index (κ3) is 7.50. The zero-order valence-electron chi connectivity index (χ0n) is 12.6. The molecular formula is C14H28N2O3. The number of rotatable bonds is 10. The van der Waals surface area contributed by atoms with Gasteiger partial charge in [-0.2, -0.15) is 0 Å². The summed E-state index contributed by atoms with van der Waals surface area (Å²) in [6, 6.07) is 0.270. The molecule has 1 N–H and O–H groups in total. The van der Waals surface area contributed by atoms with Crippen molar-refractivity contribution < 1.29 is 14.3 Å². The lowest BCUT2D eigenvalue weighted by Gasteiger charge is -2.24. The second kappa shape index (κ2) is 8.51. The fourth-order valence-electron chi connectivity index (χ4n) is 1.82. The Labute approximate surface area is 116 Å². The first-order valence-corrected chi connectivity index (χ1v) is 7.25. The van der Waals surface area contributed by atoms with Crippen molar-refractivity contribution in [3.05, 3.63) is 0 Å². The van der Waals surface area contributed by atoms with Gasteiger partial charge in [0.05, 0.1) is 19.3 Å². The van der Waals surface area contributed by atoms with Crippen LogP contribution in [0.5, 0.6) is 0 Å². The fraction of sp³-hybridized carbons (Fsp3) is 0.929. The Balaban J connectivity index is 2.30. The van der Waals surface area contributed by atoms with Gasteiger partial charge in [-0.3, -0.25) is 4.79 Å². The Morgan fingerprint density at radius 1 is 1.42 bits per heavy atom. The van der Waals surface area contributed by atoms with E-state index in [1.807, 2.05) is 27.8 Å². The number of ether oxygens (including phenoxy) is 2. The Morgan fingerprint density at radius 2 is 2.11 bits per heavy atom. The smallest absolute Gasteiger partial charge is 0.324 e. The van der Waals surface area contributed by atoms with Gasteiger partial charge in [-0.25, -0.2) is 0 Å². The van der Waals surface area contributed by atoms with Gasteiger partial charge < -0.3 is 19.7 Å². The van der Waals surface area contributed by atoms with Gasteiger partial charge in [-0.05, 0) is 40.7 Å². The molecule has 0 aromatic heterocycles. The molecule has 1 aliphatic rings. The van der Waals surface area contributed by atoms with Crippen LogP contribution in [0.1, 0.15) is 33.6 Å². The molecule has 0 aliphatic heterocycles. The third-order valence-corrected chi connectivity index (χ3v) is 3.00. The molecule has 0 amide bonds. The predicted octanol–water partition coefficient (Wildman–Crippen LogP) is 1.03. The van der Waals surface area contributed by atoms with Crippen LogP contribution < -0.4 is 5.32 Å². The van der Waals surface area contributed by atoms with Gasteiger partial charge in [-0.15, -0.1) is 0 Å². The Hall–Kier alpha value is -0.650. The summed E-state index contributed by atoms with van der Waals surface area (Å²) in [5, 5.41) is 3.35. The Bertz CT molecular complexity index is 267. The van der Waals surface area contributed by atoms with E-state index in [4.69, 9.17) is 9.47 Å². The van der Waals surface area contributed by atoms with E-state index in [-0.39, 0.29) is 18.1 Å². The number of likely N-dealkylation sites (N-methyl/N-ethyl adjacent to an activating group) is 1. The molecule has 0 spiro atoms. The number of hydrogen-bond donors (Lipinski definition) is 1. The highest BCUT2D eigenvalue weighted by Gasteiger charge is 2.29. The minimum atomic E-state index is -0.225. The highest BCUT2D eigenvalue weighted by Crippen LogP contribution is 2.19. The lowest BCUT2D eigenvalue weighted by Crippen LogP contribution is -2.47. The van der Waals surface area contributed by atoms with Crippen LogP contribution in [0, 0.1) is 0 Å². The summed E-state index contributed by atoms with van der Waals surface area (Å²) in [4.78, 5) is 14.0. The van der Waals surface area contributed by atoms with E-state index in [0.717, 1.165) is 19.4 Å². The van der Waals surface area contributed by atoms with E-state index < -0.39 is 0 Å². The number of hydrogen-bond acceptors (Lipinski definition) is 5. The molecule has 5 nitrogen and oxygen atoms in total. The highest BCUT2D eigenvalue weighted by atomic mass is 16.5. The van der Waals surface area contributed by atoms with Gasteiger partial charge in [0.1, 0.15) is 6.04 Å². The zero-order chi connectivity index (χ0) is 14.3. The maximum atomic E-state index is 11.9. The number of esters is 1. The van der Waals surface area contributed by atoms with Crippen LogP contribution in [-0.4, -0.2) is 62.4 Å². The van der Waals surface area contributed by atoms with Crippen LogP contribution in [0.25, 0.3) is 0 Å². The van der Waals surface area contributed by atoms with Gasteiger partial charge in [-0.1, -0.05) is 0 Å². The summed E-state index contributed by atoms with van der Waals surface area (Å²) in [6.07, 6.45) is 2.57. The SMILES string of the molecule is CCOC(=O)C(CN(C)CCOC(C)C)NC1CC1. The number of carbonyl (C=O) groups excluding carboxylic acids is 1. The number of nitrogens with one attached hydrogen (secondary N) is 1. The largest absolute Gasteiger partial charge is 0.465 e. The van der Waals surface area contributed by atoms with E-state index >= 15 is 0 Å². The van der Waals surface area contributed by atoms with Crippen molar-refractivity contribution in [1.82, 2.24) is 10.2 Å². The molecule has 19 heavy (non-hydrogen) atoms. The summed E-state index contributed by atoms with van der Waals surface area (Å²) >= 11 is 0. The highest BCUT2D eigenvalue weighted by molar-refractivity contribution is 5.76. The van der Waals surface area contributed by atoms with Crippen LogP contribution >= 0.6 is 0 Å². The monoisotopic (exact) mass is 272 g/mol. The van der Waals surface area contributed by atoms with Crippen molar-refractivity contribution in [2.45, 2.75) is 51.8 Å². The van der Waals surface area contributed by atoms with E-state index in [2.05, 4.69) is 10.2 Å². The van der Waals surface area contributed by atoms with Crippen molar-refractivity contribution in [3.63, 3.8) is 0 Å². The molecule has 0 bridgehead atoms. The molecule has 0 aromatic carbocycles. The predicted molar refractivity (Wildman–Crippen MR) is 75.2 cm³/mol. The van der Waals surface area contributed by atoms with E-state index in [0.29, 0.717) is 25.8 Å². The second-order valence-electron chi connectivity index (χ2n) is 5.43. The second-order valence-corrected chi connectivity index (χ2v) is 5.43. The van der Waals surface area contributed by atoms with E-state index in [1.54, 1.807) is 0 Å². The molecule has 0 aromatic rings. The molecular weight excluding hydrogens is 244 g/mol. The molecule has 0 heterocycles. The number of nitrogens with zero attached hydrogens (tertiary/aromatic N) is 1. The normalized spacial score (nSPS) is 16.9. The average molecular weight is 272 g/mol. The molecule has 112 valence electrons. The quantitative estimate of drug-likeness (QED) is 0.602. The molecule has 1 rings (SSSR count). The molecule has 1 unspecified atom stereocenters. The average Bonchev–Trinajstić information content (AvgIpc) is 3.12. The zero-order valence-corrected chi connectivity index (χ0v) is 12.6. The summed E-state index contributed by atoms with van der Waals surface area (Å²) < 4.78 is 10.6. The standard InChI is InChI=1S/C14H28N2O3/c1-5-18-14(17)13(15-12-6-7-12)10-16(4)8-9-19-11(2)3/h11-13,15H,5-10H2,1-4H3. The number of carbonyl (C=O) groups is 1. The maximum Gasteiger partial charge on any atom is 0.324 e. The molecule has 1 atom stereocenters. The molecule has 0 radical (unpaired) electrons. The molecule has 0 saturated heterocycles. The fourth-order valence-corrected chi connectivity index (χ4v) is 1.82. The third-order valence-electron chi connectivity index (χ3n) is 3.00. The van der Waals surface area contributed by atoms with Gasteiger partial charge in [0.25, 0.3) is 0 Å². The van der Waals surface area contributed by atoms with Crippen molar-refractivity contribution in [2.75, 3.05) is 33.4 Å². The molecule has 5 heteroatoms. The first-order chi connectivity index (χ1) is 9.02. The van der Waals surface area contributed by atoms with Gasteiger partial charge in [0, 0.05) is 19.1 Å². The summed E-state index contributed by atoms with van der Waals surface area (Å²) in [7, 11) is 2.00. The van der Waals surface area contributed by atoms with Crippen molar-refractivity contribution in [1.29, 1.82) is 0 Å². The minimum Gasteiger partial charge on any atom is -0.465 e. The van der Waals surface area contributed by atoms with Gasteiger partial charge in [0.15, 0.2) is 0 Å². The van der Waals surface area contributed by atoms with Crippen molar-refractivity contribution >= 4 is 5.97 Å². The van der Waals surface area contributed by atoms with Crippen molar-refractivity contribution in [2.24, 2.45) is 0 Å². The van der Waals surface area contributed by atoms with Gasteiger partial charge in [0.2, 0.25) is 0 Å². The van der Waals surface area contributed by atoms with Crippen LogP contribution in [0.15, 0.2) is 0 Å². The summed E-state index contributed by atoms with van der Waals surface area (Å²) in [5.74, 6) is -0.147. The van der Waals surface area contributed by atoms with Crippen LogP contribution in [0.3, 0.4) is 0 Å². The Kier molecular flexibility index (Phi) is 7.34. The van der Waals surface area contributed by atoms with Crippen LogP contribution in [0.2, 0.25) is 0 Å². The van der Waals surface area contributed by atoms with E-state index in [1.165, 1.54) is 0 Å². The lowest BCUT2D eigenvalue weighted by atomic mass is 10.2. The summed E-state index contributed by atoms with van der Waals surface area (Å²) in [5.41, 5.74) is 0. The van der Waals surface area contributed by atoms with Crippen LogP contribution in [0.4, 0.5) is 0 Å². The summed E-state index contributed by atoms with van der Waals surface area (Å²) in [6.45, 7) is 8.49. The molecule has 1 fully saturated rings.